The summed E-state index contributed by atoms with van der Waals surface area (Å²) in [6, 6.07) is 3.46. The summed E-state index contributed by atoms with van der Waals surface area (Å²) in [6.45, 7) is 1.68. The number of nitrogens with zero attached hydrogens (tertiary/aromatic N) is 4. The van der Waals surface area contributed by atoms with Crippen LogP contribution in [0.15, 0.2) is 40.9 Å². The number of imidazole rings is 1. The van der Waals surface area contributed by atoms with Gasteiger partial charge in [0.15, 0.2) is 11.0 Å². The molecule has 3 heterocycles. The van der Waals surface area contributed by atoms with Crippen molar-refractivity contribution in [2.24, 2.45) is 7.05 Å². The predicted molar refractivity (Wildman–Crippen MR) is 88.4 cm³/mol. The minimum absolute atomic E-state index is 0.0438. The molecule has 0 spiro atoms. The lowest BCUT2D eigenvalue weighted by Gasteiger charge is -2.05. The number of carbonyl (C=O) groups is 1. The van der Waals surface area contributed by atoms with Gasteiger partial charge in [0.2, 0.25) is 5.91 Å². The Hall–Kier alpha value is -2.74. The molecule has 0 radical (unpaired) electrons. The van der Waals surface area contributed by atoms with Crippen molar-refractivity contribution in [1.29, 1.82) is 0 Å². The van der Waals surface area contributed by atoms with E-state index in [-0.39, 0.29) is 18.0 Å². The third-order valence-corrected chi connectivity index (χ3v) is 4.08. The molecule has 3 rings (SSSR count). The van der Waals surface area contributed by atoms with Crippen LogP contribution < -0.4 is 10.9 Å². The second-order valence-corrected chi connectivity index (χ2v) is 5.93. The van der Waals surface area contributed by atoms with E-state index >= 15 is 0 Å². The summed E-state index contributed by atoms with van der Waals surface area (Å²) in [5, 5.41) is 5.02. The molecular weight excluding hydrogens is 314 g/mol. The van der Waals surface area contributed by atoms with Gasteiger partial charge in [-0.15, -0.1) is 11.3 Å². The Labute approximate surface area is 136 Å². The topological polar surface area (TPSA) is 81.8 Å². The second-order valence-electron chi connectivity index (χ2n) is 5.07. The zero-order chi connectivity index (χ0) is 16.4. The highest BCUT2D eigenvalue weighted by molar-refractivity contribution is 7.14. The lowest BCUT2D eigenvalue weighted by atomic mass is 10.3. The molecule has 1 N–H and O–H groups in total. The lowest BCUT2D eigenvalue weighted by Crippen LogP contribution is -2.28. The van der Waals surface area contributed by atoms with Crippen LogP contribution in [0.3, 0.4) is 0 Å². The number of hydrogen-bond acceptors (Lipinski definition) is 5. The third kappa shape index (κ3) is 3.21. The van der Waals surface area contributed by atoms with E-state index in [0.29, 0.717) is 16.4 Å². The molecule has 0 aliphatic heterocycles. The monoisotopic (exact) mass is 329 g/mol. The zero-order valence-corrected chi connectivity index (χ0v) is 13.5. The van der Waals surface area contributed by atoms with Gasteiger partial charge in [-0.3, -0.25) is 9.59 Å². The number of carbonyl (C=O) groups excluding carboxylic acids is 1. The van der Waals surface area contributed by atoms with E-state index in [0.717, 1.165) is 5.82 Å². The summed E-state index contributed by atoms with van der Waals surface area (Å²) in [4.78, 5) is 32.6. The van der Waals surface area contributed by atoms with Crippen LogP contribution in [0.4, 0.5) is 5.13 Å². The number of thiazole rings is 1. The van der Waals surface area contributed by atoms with E-state index in [9.17, 15) is 9.59 Å². The number of anilines is 1. The molecule has 3 aromatic heterocycles. The van der Waals surface area contributed by atoms with E-state index in [1.807, 2.05) is 23.2 Å². The maximum Gasteiger partial charge on any atom is 0.253 e. The maximum absolute atomic E-state index is 12.1. The van der Waals surface area contributed by atoms with Crippen LogP contribution in [0.5, 0.6) is 0 Å². The zero-order valence-electron chi connectivity index (χ0n) is 12.7. The average molecular weight is 329 g/mol. The van der Waals surface area contributed by atoms with Crippen LogP contribution >= 0.6 is 11.3 Å². The molecule has 8 heteroatoms. The first-order valence-corrected chi connectivity index (χ1v) is 7.81. The fraction of sp³-hybridized carbons (Fsp3) is 0.200. The van der Waals surface area contributed by atoms with E-state index < -0.39 is 0 Å². The van der Waals surface area contributed by atoms with E-state index in [4.69, 9.17) is 0 Å². The Morgan fingerprint density at radius 3 is 2.96 bits per heavy atom. The first-order chi connectivity index (χ1) is 11.0. The van der Waals surface area contributed by atoms with Gasteiger partial charge in [0.1, 0.15) is 12.2 Å². The van der Waals surface area contributed by atoms with Crippen molar-refractivity contribution in [3.8, 4) is 11.5 Å². The van der Waals surface area contributed by atoms with Crippen LogP contribution in [0.1, 0.15) is 5.56 Å². The molecule has 0 aliphatic rings. The summed E-state index contributed by atoms with van der Waals surface area (Å²) in [6.07, 6.45) is 5.12. The number of pyridine rings is 1. The fourth-order valence-electron chi connectivity index (χ4n) is 2.14. The minimum Gasteiger partial charge on any atom is -0.333 e. The molecule has 0 saturated heterocycles. The molecule has 0 aliphatic carbocycles. The number of nitrogens with one attached hydrogen (secondary N) is 1. The highest BCUT2D eigenvalue weighted by Gasteiger charge is 2.11. The predicted octanol–water partition coefficient (Wildman–Crippen LogP) is 1.65. The van der Waals surface area contributed by atoms with Crippen LogP contribution in [0.25, 0.3) is 11.5 Å². The molecule has 0 bridgehead atoms. The summed E-state index contributed by atoms with van der Waals surface area (Å²) in [5.41, 5.74) is 1.13. The smallest absolute Gasteiger partial charge is 0.253 e. The molecule has 0 unspecified atom stereocenters. The first kappa shape index (κ1) is 15.2. The van der Waals surface area contributed by atoms with Crippen molar-refractivity contribution in [3.05, 3.63) is 52.0 Å². The maximum atomic E-state index is 12.1. The van der Waals surface area contributed by atoms with Crippen LogP contribution in [0.2, 0.25) is 0 Å². The van der Waals surface area contributed by atoms with Crippen molar-refractivity contribution >= 4 is 22.4 Å². The van der Waals surface area contributed by atoms with Gasteiger partial charge in [0.05, 0.1) is 0 Å². The number of aromatic nitrogens is 4. The highest BCUT2D eigenvalue weighted by Crippen LogP contribution is 2.23. The number of aryl methyl sites for hydroxylation is 2. The molecule has 3 aromatic rings. The van der Waals surface area contributed by atoms with Gasteiger partial charge in [-0.2, -0.15) is 0 Å². The van der Waals surface area contributed by atoms with Crippen LogP contribution in [-0.4, -0.2) is 25.0 Å². The van der Waals surface area contributed by atoms with E-state index in [1.165, 1.54) is 15.9 Å². The van der Waals surface area contributed by atoms with Crippen molar-refractivity contribution in [2.45, 2.75) is 13.5 Å². The Bertz CT molecular complexity index is 908. The third-order valence-electron chi connectivity index (χ3n) is 3.33. The van der Waals surface area contributed by atoms with E-state index in [1.54, 1.807) is 31.5 Å². The Morgan fingerprint density at radius 1 is 1.39 bits per heavy atom. The van der Waals surface area contributed by atoms with Gasteiger partial charge in [-0.05, 0) is 13.0 Å². The van der Waals surface area contributed by atoms with Gasteiger partial charge in [0.25, 0.3) is 5.56 Å². The molecule has 0 saturated carbocycles. The summed E-state index contributed by atoms with van der Waals surface area (Å²) >= 11 is 1.32. The average Bonchev–Trinajstić information content (AvgIpc) is 3.12. The van der Waals surface area contributed by atoms with Crippen molar-refractivity contribution in [1.82, 2.24) is 19.1 Å². The highest BCUT2D eigenvalue weighted by atomic mass is 32.1. The van der Waals surface area contributed by atoms with Gasteiger partial charge < -0.3 is 14.5 Å². The summed E-state index contributed by atoms with van der Waals surface area (Å²) in [5.74, 6) is 0.440. The molecule has 7 nitrogen and oxygen atoms in total. The minimum atomic E-state index is -0.293. The number of amides is 1. The number of hydrogen-bond donors (Lipinski definition) is 1. The molecule has 1 amide bonds. The summed E-state index contributed by atoms with van der Waals surface area (Å²) in [7, 11) is 1.88. The van der Waals surface area contributed by atoms with Crippen molar-refractivity contribution < 1.29 is 4.79 Å². The fourth-order valence-corrected chi connectivity index (χ4v) is 2.85. The Kier molecular flexibility index (Phi) is 4.07. The molecule has 118 valence electrons. The quantitative estimate of drug-likeness (QED) is 0.789. The number of rotatable bonds is 4. The van der Waals surface area contributed by atoms with Gasteiger partial charge in [-0.1, -0.05) is 6.07 Å². The molecule has 23 heavy (non-hydrogen) atoms. The summed E-state index contributed by atoms with van der Waals surface area (Å²) < 4.78 is 3.23. The SMILES string of the molecule is Cc1cccn(CC(=O)Nc2nc(-c3nccn3C)cs2)c1=O. The van der Waals surface area contributed by atoms with Gasteiger partial charge in [-0.25, -0.2) is 9.97 Å². The first-order valence-electron chi connectivity index (χ1n) is 6.94. The largest absolute Gasteiger partial charge is 0.333 e. The molecular formula is C15H15N5O2S. The second kappa shape index (κ2) is 6.17. The van der Waals surface area contributed by atoms with Crippen LogP contribution in [0, 0.1) is 6.92 Å². The van der Waals surface area contributed by atoms with Gasteiger partial charge >= 0.3 is 0 Å². The van der Waals surface area contributed by atoms with Gasteiger partial charge in [0, 0.05) is 36.6 Å². The molecule has 0 fully saturated rings. The normalized spacial score (nSPS) is 10.7. The molecule has 0 aromatic carbocycles. The van der Waals surface area contributed by atoms with E-state index in [2.05, 4.69) is 15.3 Å². The van der Waals surface area contributed by atoms with Crippen LogP contribution in [-0.2, 0) is 18.4 Å². The lowest BCUT2D eigenvalue weighted by molar-refractivity contribution is -0.116. The van der Waals surface area contributed by atoms with Crippen molar-refractivity contribution in [2.75, 3.05) is 5.32 Å². The molecule has 0 atom stereocenters. The Morgan fingerprint density at radius 2 is 2.22 bits per heavy atom. The Balaban J connectivity index is 1.71. The van der Waals surface area contributed by atoms with Crippen molar-refractivity contribution in [3.63, 3.8) is 0 Å². The standard InChI is InChI=1S/C15H15N5O2S/c1-10-4-3-6-20(14(10)22)8-12(21)18-15-17-11(9-23-15)13-16-5-7-19(13)2/h3-7,9H,8H2,1-2H3,(H,17,18,21).